The molecule has 2 heteroatoms. The Kier molecular flexibility index (Phi) is 6.80. The number of thioether (sulfide) groups is 1. The van der Waals surface area contributed by atoms with Crippen molar-refractivity contribution in [1.29, 1.82) is 0 Å². The molecule has 0 radical (unpaired) electrons. The summed E-state index contributed by atoms with van der Waals surface area (Å²) in [6.07, 6.45) is 2.43. The van der Waals surface area contributed by atoms with Crippen molar-refractivity contribution in [3.05, 3.63) is 29.3 Å². The highest BCUT2D eigenvalue weighted by Crippen LogP contribution is 2.27. The molecule has 102 valence electrons. The van der Waals surface area contributed by atoms with E-state index in [1.54, 1.807) is 0 Å². The topological polar surface area (TPSA) is 12.0 Å². The predicted octanol–water partition coefficient (Wildman–Crippen LogP) is 4.56. The first-order chi connectivity index (χ1) is 8.52. The van der Waals surface area contributed by atoms with E-state index in [9.17, 15) is 0 Å². The van der Waals surface area contributed by atoms with Crippen molar-refractivity contribution in [3.63, 3.8) is 0 Å². The molecule has 0 aliphatic rings. The lowest BCUT2D eigenvalue weighted by molar-refractivity contribution is 0.513. The SMILES string of the molecule is CCCNC(C)CC(C)Sc1ccc(C)c(C)c1. The zero-order valence-electron chi connectivity index (χ0n) is 12.4. The van der Waals surface area contributed by atoms with Gasteiger partial charge in [-0.25, -0.2) is 0 Å². The van der Waals surface area contributed by atoms with Gasteiger partial charge in [0.05, 0.1) is 0 Å². The van der Waals surface area contributed by atoms with Crippen LogP contribution in [-0.2, 0) is 0 Å². The molecule has 0 fully saturated rings. The van der Waals surface area contributed by atoms with E-state index < -0.39 is 0 Å². The van der Waals surface area contributed by atoms with Crippen molar-refractivity contribution in [2.24, 2.45) is 0 Å². The first kappa shape index (κ1) is 15.6. The first-order valence-corrected chi connectivity index (χ1v) is 7.88. The normalized spacial score (nSPS) is 14.5. The molecule has 18 heavy (non-hydrogen) atoms. The smallest absolute Gasteiger partial charge is 0.00807 e. The molecule has 0 aliphatic heterocycles. The van der Waals surface area contributed by atoms with Gasteiger partial charge in [0.1, 0.15) is 0 Å². The third-order valence-corrected chi connectivity index (χ3v) is 4.36. The summed E-state index contributed by atoms with van der Waals surface area (Å²) in [5, 5.41) is 4.21. The minimum Gasteiger partial charge on any atom is -0.314 e. The Balaban J connectivity index is 2.43. The maximum atomic E-state index is 3.56. The predicted molar refractivity (Wildman–Crippen MR) is 83.6 cm³/mol. The average molecular weight is 265 g/mol. The van der Waals surface area contributed by atoms with E-state index in [4.69, 9.17) is 0 Å². The summed E-state index contributed by atoms with van der Waals surface area (Å²) in [5.41, 5.74) is 2.77. The maximum Gasteiger partial charge on any atom is 0.00807 e. The second-order valence-electron chi connectivity index (χ2n) is 5.27. The van der Waals surface area contributed by atoms with Gasteiger partial charge >= 0.3 is 0 Å². The quantitative estimate of drug-likeness (QED) is 0.725. The molecule has 0 bridgehead atoms. The second-order valence-corrected chi connectivity index (χ2v) is 6.78. The molecule has 1 rings (SSSR count). The highest BCUT2D eigenvalue weighted by atomic mass is 32.2. The van der Waals surface area contributed by atoms with Crippen LogP contribution in [0, 0.1) is 13.8 Å². The number of rotatable bonds is 7. The van der Waals surface area contributed by atoms with Gasteiger partial charge in [-0.2, -0.15) is 0 Å². The van der Waals surface area contributed by atoms with Gasteiger partial charge < -0.3 is 5.32 Å². The summed E-state index contributed by atoms with van der Waals surface area (Å²) >= 11 is 1.99. The molecule has 0 amide bonds. The molecule has 0 heterocycles. The van der Waals surface area contributed by atoms with Crippen LogP contribution in [0.1, 0.15) is 44.7 Å². The van der Waals surface area contributed by atoms with Crippen LogP contribution in [0.4, 0.5) is 0 Å². The highest BCUT2D eigenvalue weighted by molar-refractivity contribution is 7.99. The second kappa shape index (κ2) is 7.85. The zero-order valence-corrected chi connectivity index (χ0v) is 13.2. The zero-order chi connectivity index (χ0) is 13.5. The fourth-order valence-corrected chi connectivity index (χ4v) is 3.28. The van der Waals surface area contributed by atoms with E-state index in [-0.39, 0.29) is 0 Å². The molecule has 2 atom stereocenters. The third-order valence-electron chi connectivity index (χ3n) is 3.24. The minimum absolute atomic E-state index is 0.610. The third kappa shape index (κ3) is 5.45. The molecule has 0 aromatic heterocycles. The molecule has 1 aromatic carbocycles. The summed E-state index contributed by atoms with van der Waals surface area (Å²) in [6, 6.07) is 7.39. The Bertz CT molecular complexity index is 362. The standard InChI is InChI=1S/C16H27NS/c1-6-9-17-14(4)11-15(5)18-16-8-7-12(2)13(3)10-16/h7-8,10,14-15,17H,6,9,11H2,1-5H3. The average Bonchev–Trinajstić information content (AvgIpc) is 2.31. The van der Waals surface area contributed by atoms with Gasteiger partial charge in [-0.05, 0) is 63.4 Å². The summed E-state index contributed by atoms with van der Waals surface area (Å²) in [5.74, 6) is 0. The number of nitrogens with one attached hydrogen (secondary N) is 1. The molecule has 1 N–H and O–H groups in total. The Hall–Kier alpha value is -0.470. The van der Waals surface area contributed by atoms with Crippen molar-refractivity contribution in [2.75, 3.05) is 6.54 Å². The number of hydrogen-bond donors (Lipinski definition) is 1. The Morgan fingerprint density at radius 2 is 1.89 bits per heavy atom. The summed E-state index contributed by atoms with van der Waals surface area (Å²) < 4.78 is 0. The lowest BCUT2D eigenvalue weighted by Gasteiger charge is -2.18. The van der Waals surface area contributed by atoms with E-state index in [1.165, 1.54) is 28.9 Å². The van der Waals surface area contributed by atoms with E-state index >= 15 is 0 Å². The molecule has 0 aliphatic carbocycles. The Morgan fingerprint density at radius 1 is 1.17 bits per heavy atom. The van der Waals surface area contributed by atoms with Crippen molar-refractivity contribution in [3.8, 4) is 0 Å². The van der Waals surface area contributed by atoms with Crippen molar-refractivity contribution >= 4 is 11.8 Å². The van der Waals surface area contributed by atoms with Gasteiger partial charge in [0.15, 0.2) is 0 Å². The fourth-order valence-electron chi connectivity index (χ4n) is 2.04. The minimum atomic E-state index is 0.610. The van der Waals surface area contributed by atoms with Gasteiger partial charge in [-0.1, -0.05) is 19.9 Å². The van der Waals surface area contributed by atoms with Crippen LogP contribution < -0.4 is 5.32 Å². The van der Waals surface area contributed by atoms with Crippen LogP contribution in [0.15, 0.2) is 23.1 Å². The van der Waals surface area contributed by atoms with Crippen LogP contribution in [0.25, 0.3) is 0 Å². The van der Waals surface area contributed by atoms with Crippen LogP contribution in [0.2, 0.25) is 0 Å². The number of aryl methyl sites for hydroxylation is 2. The molecule has 1 nitrogen and oxygen atoms in total. The lowest BCUT2D eigenvalue weighted by atomic mass is 10.1. The summed E-state index contributed by atoms with van der Waals surface area (Å²) in [6.45, 7) is 12.3. The van der Waals surface area contributed by atoms with Crippen molar-refractivity contribution in [2.45, 2.75) is 63.6 Å². The molecule has 0 spiro atoms. The van der Waals surface area contributed by atoms with Crippen LogP contribution >= 0.6 is 11.8 Å². The molecular formula is C16H27NS. The van der Waals surface area contributed by atoms with E-state index in [0.717, 1.165) is 6.54 Å². The molecule has 2 unspecified atom stereocenters. The van der Waals surface area contributed by atoms with Crippen molar-refractivity contribution < 1.29 is 0 Å². The van der Waals surface area contributed by atoms with Gasteiger partial charge in [0, 0.05) is 16.2 Å². The van der Waals surface area contributed by atoms with Crippen LogP contribution in [0.3, 0.4) is 0 Å². The fraction of sp³-hybridized carbons (Fsp3) is 0.625. The number of benzene rings is 1. The highest BCUT2D eigenvalue weighted by Gasteiger charge is 2.09. The van der Waals surface area contributed by atoms with Crippen LogP contribution in [0.5, 0.6) is 0 Å². The van der Waals surface area contributed by atoms with Gasteiger partial charge in [0.2, 0.25) is 0 Å². The van der Waals surface area contributed by atoms with Crippen molar-refractivity contribution in [1.82, 2.24) is 5.32 Å². The molecule has 0 saturated heterocycles. The van der Waals surface area contributed by atoms with Gasteiger partial charge in [-0.3, -0.25) is 0 Å². The number of hydrogen-bond acceptors (Lipinski definition) is 2. The lowest BCUT2D eigenvalue weighted by Crippen LogP contribution is -2.29. The summed E-state index contributed by atoms with van der Waals surface area (Å²) in [4.78, 5) is 1.40. The van der Waals surface area contributed by atoms with Crippen LogP contribution in [-0.4, -0.2) is 17.8 Å². The van der Waals surface area contributed by atoms with E-state index in [1.807, 2.05) is 11.8 Å². The molecule has 1 aromatic rings. The van der Waals surface area contributed by atoms with Gasteiger partial charge in [-0.15, -0.1) is 11.8 Å². The molecular weight excluding hydrogens is 238 g/mol. The molecule has 0 saturated carbocycles. The monoisotopic (exact) mass is 265 g/mol. The summed E-state index contributed by atoms with van der Waals surface area (Å²) in [7, 11) is 0. The maximum absolute atomic E-state index is 3.56. The largest absolute Gasteiger partial charge is 0.314 e. The first-order valence-electron chi connectivity index (χ1n) is 7.00. The van der Waals surface area contributed by atoms with E-state index in [0.29, 0.717) is 11.3 Å². The van der Waals surface area contributed by atoms with Gasteiger partial charge in [0.25, 0.3) is 0 Å². The van der Waals surface area contributed by atoms with E-state index in [2.05, 4.69) is 58.1 Å². The Labute approximate surface area is 117 Å². The Morgan fingerprint density at radius 3 is 2.50 bits per heavy atom.